The summed E-state index contributed by atoms with van der Waals surface area (Å²) >= 11 is 0. The highest BCUT2D eigenvalue weighted by atomic mass is 14.4. The number of hydrogen-bond acceptors (Lipinski definition) is 0. The van der Waals surface area contributed by atoms with Gasteiger partial charge in [0.25, 0.3) is 0 Å². The summed E-state index contributed by atoms with van der Waals surface area (Å²) in [5.74, 6) is 0. The molecule has 0 spiro atoms. The third-order valence-electron chi connectivity index (χ3n) is 9.84. The van der Waals surface area contributed by atoms with Crippen LogP contribution in [0.3, 0.4) is 0 Å². The number of benzene rings is 7. The fourth-order valence-electron chi connectivity index (χ4n) is 7.58. The Balaban J connectivity index is 1.02. The fourth-order valence-corrected chi connectivity index (χ4v) is 7.58. The normalized spacial score (nSPS) is 13.5. The number of hydrogen-bond donors (Lipinski definition) is 0. The molecule has 43 heavy (non-hydrogen) atoms. The summed E-state index contributed by atoms with van der Waals surface area (Å²) in [6.45, 7) is 4.69. The molecule has 0 atom stereocenters. The monoisotopic (exact) mass is 546 g/mol. The lowest BCUT2D eigenvalue weighted by atomic mass is 9.81. The van der Waals surface area contributed by atoms with Crippen LogP contribution in [-0.2, 0) is 5.41 Å². The van der Waals surface area contributed by atoms with E-state index in [0.29, 0.717) is 0 Å². The van der Waals surface area contributed by atoms with Crippen molar-refractivity contribution in [1.82, 2.24) is 0 Å². The first-order chi connectivity index (χ1) is 21.1. The zero-order valence-electron chi connectivity index (χ0n) is 24.4. The Morgan fingerprint density at radius 1 is 0.326 bits per heavy atom. The molecule has 0 nitrogen and oxygen atoms in total. The first kappa shape index (κ1) is 24.4. The average molecular weight is 547 g/mol. The van der Waals surface area contributed by atoms with Crippen LogP contribution < -0.4 is 0 Å². The Morgan fingerprint density at radius 3 is 1.53 bits per heavy atom. The lowest BCUT2D eigenvalue weighted by Gasteiger charge is -2.22. The standard InChI is InChI=1S/C43H30/c1-43(2)40-13-6-5-11-36(40)37-23-22-31(26-41(37)43)29-18-14-27(15-19-29)28-16-20-30(21-17-28)33-24-32-8-7-12-38-34-9-3-4-10-35(34)39(25-33)42(32)38/h3-26H,1-2H3. The summed E-state index contributed by atoms with van der Waals surface area (Å²) in [7, 11) is 0. The van der Waals surface area contributed by atoms with E-state index >= 15 is 0 Å². The third kappa shape index (κ3) is 3.57. The lowest BCUT2D eigenvalue weighted by Crippen LogP contribution is -2.14. The number of fused-ring (bicyclic) bond motifs is 6. The van der Waals surface area contributed by atoms with Crippen molar-refractivity contribution in [2.45, 2.75) is 19.3 Å². The van der Waals surface area contributed by atoms with Gasteiger partial charge in [-0.25, -0.2) is 0 Å². The van der Waals surface area contributed by atoms with Gasteiger partial charge in [-0.15, -0.1) is 0 Å². The molecule has 202 valence electrons. The van der Waals surface area contributed by atoms with E-state index < -0.39 is 0 Å². The van der Waals surface area contributed by atoms with Gasteiger partial charge in [-0.3, -0.25) is 0 Å². The van der Waals surface area contributed by atoms with Crippen molar-refractivity contribution < 1.29 is 0 Å². The highest BCUT2D eigenvalue weighted by Gasteiger charge is 2.35. The minimum absolute atomic E-state index is 0.0127. The molecule has 0 unspecified atom stereocenters. The molecule has 0 heteroatoms. The van der Waals surface area contributed by atoms with E-state index in [4.69, 9.17) is 0 Å². The second-order valence-electron chi connectivity index (χ2n) is 12.6. The van der Waals surface area contributed by atoms with Crippen molar-refractivity contribution in [1.29, 1.82) is 0 Å². The Morgan fingerprint density at radius 2 is 0.837 bits per heavy atom. The SMILES string of the molecule is CC1(C)c2ccccc2-c2ccc(-c3ccc(-c4ccc(-c5cc6c7c(cccc7c5)-c5ccccc5-6)cc4)cc3)cc21. The number of rotatable bonds is 3. The minimum atomic E-state index is 0.0127. The minimum Gasteiger partial charge on any atom is -0.0619 e. The second kappa shape index (κ2) is 8.90. The molecular formula is C43H30. The van der Waals surface area contributed by atoms with Gasteiger partial charge in [-0.1, -0.05) is 141 Å². The molecule has 0 fully saturated rings. The van der Waals surface area contributed by atoms with Crippen LogP contribution in [0.25, 0.3) is 77.5 Å². The Bertz CT molecular complexity index is 2230. The average Bonchev–Trinajstić information content (AvgIpc) is 3.51. The molecular weight excluding hydrogens is 516 g/mol. The van der Waals surface area contributed by atoms with Gasteiger partial charge in [0.15, 0.2) is 0 Å². The highest BCUT2D eigenvalue weighted by molar-refractivity contribution is 6.16. The van der Waals surface area contributed by atoms with Crippen LogP contribution >= 0.6 is 0 Å². The van der Waals surface area contributed by atoms with Crippen molar-refractivity contribution in [3.63, 3.8) is 0 Å². The molecule has 7 aromatic rings. The predicted octanol–water partition coefficient (Wildman–Crippen LogP) is 11.8. The molecule has 0 radical (unpaired) electrons. The molecule has 2 aliphatic carbocycles. The van der Waals surface area contributed by atoms with Gasteiger partial charge in [0.2, 0.25) is 0 Å². The first-order valence-corrected chi connectivity index (χ1v) is 15.2. The molecule has 0 saturated heterocycles. The molecule has 0 aromatic heterocycles. The van der Waals surface area contributed by atoms with E-state index in [1.54, 1.807) is 0 Å². The van der Waals surface area contributed by atoms with Crippen LogP contribution in [0.15, 0.2) is 146 Å². The quantitative estimate of drug-likeness (QED) is 0.207. The molecule has 0 aliphatic heterocycles. The summed E-state index contributed by atoms with van der Waals surface area (Å²) in [6, 6.07) is 54.1. The van der Waals surface area contributed by atoms with Crippen LogP contribution in [0.2, 0.25) is 0 Å². The molecule has 2 aliphatic rings. The van der Waals surface area contributed by atoms with E-state index in [2.05, 4.69) is 159 Å². The molecule has 0 N–H and O–H groups in total. The smallest absolute Gasteiger partial charge is 0.0159 e. The van der Waals surface area contributed by atoms with Crippen molar-refractivity contribution in [2.24, 2.45) is 0 Å². The van der Waals surface area contributed by atoms with E-state index in [1.165, 1.54) is 88.7 Å². The highest BCUT2D eigenvalue weighted by Crippen LogP contribution is 2.50. The molecule has 9 rings (SSSR count). The van der Waals surface area contributed by atoms with Gasteiger partial charge in [-0.05, 0) is 107 Å². The Labute approximate surface area is 252 Å². The van der Waals surface area contributed by atoms with Crippen molar-refractivity contribution in [2.75, 3.05) is 0 Å². The maximum atomic E-state index is 2.40. The third-order valence-corrected chi connectivity index (χ3v) is 9.84. The van der Waals surface area contributed by atoms with Crippen molar-refractivity contribution in [3.05, 3.63) is 157 Å². The molecule has 7 aromatic carbocycles. The largest absolute Gasteiger partial charge is 0.0619 e. The summed E-state index contributed by atoms with van der Waals surface area (Å²) in [4.78, 5) is 0. The lowest BCUT2D eigenvalue weighted by molar-refractivity contribution is 0.660. The fraction of sp³-hybridized carbons (Fsp3) is 0.0698. The Hall–Kier alpha value is -5.20. The van der Waals surface area contributed by atoms with Gasteiger partial charge in [0.05, 0.1) is 0 Å². The first-order valence-electron chi connectivity index (χ1n) is 15.2. The predicted molar refractivity (Wildman–Crippen MR) is 182 cm³/mol. The summed E-state index contributed by atoms with van der Waals surface area (Å²) in [6.07, 6.45) is 0. The van der Waals surface area contributed by atoms with Gasteiger partial charge < -0.3 is 0 Å². The van der Waals surface area contributed by atoms with Crippen molar-refractivity contribution >= 4 is 10.8 Å². The molecule has 0 heterocycles. The summed E-state index contributed by atoms with van der Waals surface area (Å²) in [5, 5.41) is 2.68. The van der Waals surface area contributed by atoms with E-state index in [0.717, 1.165) is 0 Å². The Kier molecular flexibility index (Phi) is 5.05. The van der Waals surface area contributed by atoms with Crippen molar-refractivity contribution in [3.8, 4) is 66.8 Å². The topological polar surface area (TPSA) is 0 Å². The van der Waals surface area contributed by atoms with E-state index in [9.17, 15) is 0 Å². The van der Waals surface area contributed by atoms with E-state index in [1.807, 2.05) is 0 Å². The maximum absolute atomic E-state index is 2.40. The van der Waals surface area contributed by atoms with Crippen LogP contribution in [-0.4, -0.2) is 0 Å². The van der Waals surface area contributed by atoms with Crippen LogP contribution in [0, 0.1) is 0 Å². The zero-order valence-corrected chi connectivity index (χ0v) is 24.4. The van der Waals surface area contributed by atoms with Crippen LogP contribution in [0.4, 0.5) is 0 Å². The second-order valence-corrected chi connectivity index (χ2v) is 12.6. The molecule has 0 saturated carbocycles. The van der Waals surface area contributed by atoms with Gasteiger partial charge >= 0.3 is 0 Å². The summed E-state index contributed by atoms with van der Waals surface area (Å²) in [5.41, 5.74) is 18.5. The maximum Gasteiger partial charge on any atom is 0.0159 e. The van der Waals surface area contributed by atoms with Gasteiger partial charge in [-0.2, -0.15) is 0 Å². The zero-order chi connectivity index (χ0) is 28.7. The molecule has 0 bridgehead atoms. The van der Waals surface area contributed by atoms with Crippen LogP contribution in [0.1, 0.15) is 25.0 Å². The van der Waals surface area contributed by atoms with Gasteiger partial charge in [0.1, 0.15) is 0 Å². The van der Waals surface area contributed by atoms with Crippen LogP contribution in [0.5, 0.6) is 0 Å². The summed E-state index contributed by atoms with van der Waals surface area (Å²) < 4.78 is 0. The van der Waals surface area contributed by atoms with Gasteiger partial charge in [0, 0.05) is 5.41 Å². The van der Waals surface area contributed by atoms with E-state index in [-0.39, 0.29) is 5.41 Å². The molecule has 0 amide bonds.